The van der Waals surface area contributed by atoms with Crippen LogP contribution in [0.1, 0.15) is 35.9 Å². The molecule has 0 amide bonds. The van der Waals surface area contributed by atoms with E-state index in [1.165, 1.54) is 0 Å². The second-order valence-corrected chi connectivity index (χ2v) is 3.64. The molecule has 4 nitrogen and oxygen atoms in total. The van der Waals surface area contributed by atoms with Crippen molar-refractivity contribution in [3.63, 3.8) is 0 Å². The van der Waals surface area contributed by atoms with Crippen LogP contribution in [0.25, 0.3) is 0 Å². The van der Waals surface area contributed by atoms with E-state index in [4.69, 9.17) is 10.9 Å². The average molecular weight is 207 g/mol. The summed E-state index contributed by atoms with van der Waals surface area (Å²) in [6, 6.07) is 1.94. The Morgan fingerprint density at radius 2 is 2.20 bits per heavy atom. The Labute approximate surface area is 89.8 Å². The Hall–Kier alpha value is -1.58. The smallest absolute Gasteiger partial charge is 0.172 e. The van der Waals surface area contributed by atoms with Gasteiger partial charge in [0.1, 0.15) is 0 Å². The van der Waals surface area contributed by atoms with E-state index in [-0.39, 0.29) is 5.84 Å². The lowest BCUT2D eigenvalue weighted by atomic mass is 10.0. The second kappa shape index (κ2) is 4.77. The largest absolute Gasteiger partial charge is 0.409 e. The Balaban J connectivity index is 3.33. The third-order valence-electron chi connectivity index (χ3n) is 2.27. The molecule has 0 unspecified atom stereocenters. The molecule has 0 atom stereocenters. The fourth-order valence-corrected chi connectivity index (χ4v) is 1.73. The summed E-state index contributed by atoms with van der Waals surface area (Å²) in [7, 11) is 0. The molecular weight excluding hydrogens is 190 g/mol. The van der Waals surface area contributed by atoms with Gasteiger partial charge in [-0.1, -0.05) is 18.5 Å². The van der Waals surface area contributed by atoms with Crippen LogP contribution >= 0.6 is 0 Å². The number of amidine groups is 1. The third-order valence-corrected chi connectivity index (χ3v) is 2.27. The predicted octanol–water partition coefficient (Wildman–Crippen LogP) is 1.75. The normalized spacial score (nSPS) is 11.8. The number of nitrogens with two attached hydrogens (primary N) is 1. The zero-order chi connectivity index (χ0) is 11.4. The van der Waals surface area contributed by atoms with E-state index in [1.54, 1.807) is 0 Å². The zero-order valence-corrected chi connectivity index (χ0v) is 9.41. The molecule has 15 heavy (non-hydrogen) atoms. The summed E-state index contributed by atoms with van der Waals surface area (Å²) in [4.78, 5) is 4.42. The van der Waals surface area contributed by atoms with Crippen molar-refractivity contribution in [1.29, 1.82) is 0 Å². The number of hydrogen-bond donors (Lipinski definition) is 2. The summed E-state index contributed by atoms with van der Waals surface area (Å²) in [5, 5.41) is 11.8. The van der Waals surface area contributed by atoms with Crippen LogP contribution < -0.4 is 5.73 Å². The van der Waals surface area contributed by atoms with Crippen molar-refractivity contribution in [3.8, 4) is 0 Å². The monoisotopic (exact) mass is 207 g/mol. The van der Waals surface area contributed by atoms with Crippen LogP contribution in [0.2, 0.25) is 0 Å². The number of aryl methyl sites for hydroxylation is 3. The van der Waals surface area contributed by atoms with Crippen molar-refractivity contribution in [2.24, 2.45) is 10.9 Å². The zero-order valence-electron chi connectivity index (χ0n) is 9.41. The van der Waals surface area contributed by atoms with Crippen LogP contribution in [0.5, 0.6) is 0 Å². The molecule has 1 aromatic rings. The summed E-state index contributed by atoms with van der Waals surface area (Å²) in [5.74, 6) is 0.142. The molecule has 1 heterocycles. The molecule has 0 aliphatic rings. The minimum absolute atomic E-state index is 0.142. The minimum atomic E-state index is 0.142. The van der Waals surface area contributed by atoms with Crippen LogP contribution in [0.15, 0.2) is 11.2 Å². The van der Waals surface area contributed by atoms with Gasteiger partial charge in [-0.15, -0.1) is 0 Å². The lowest BCUT2D eigenvalue weighted by Crippen LogP contribution is -2.18. The number of hydrogen-bond acceptors (Lipinski definition) is 3. The SMILES string of the molecule is CCCc1nc(C)cc(C)c1/C(N)=N/O. The molecule has 1 rings (SSSR count). The standard InChI is InChI=1S/C11H17N3O/c1-4-5-9-10(11(12)14-15)7(2)6-8(3)13-9/h6,15H,4-5H2,1-3H3,(H2,12,14). The van der Waals surface area contributed by atoms with E-state index in [0.29, 0.717) is 0 Å². The highest BCUT2D eigenvalue weighted by molar-refractivity contribution is 5.99. The first-order valence-electron chi connectivity index (χ1n) is 5.05. The van der Waals surface area contributed by atoms with Gasteiger partial charge >= 0.3 is 0 Å². The van der Waals surface area contributed by atoms with Gasteiger partial charge in [0, 0.05) is 11.3 Å². The fourth-order valence-electron chi connectivity index (χ4n) is 1.73. The van der Waals surface area contributed by atoms with E-state index in [1.807, 2.05) is 19.9 Å². The van der Waals surface area contributed by atoms with Crippen molar-refractivity contribution in [2.45, 2.75) is 33.6 Å². The van der Waals surface area contributed by atoms with Gasteiger partial charge in [-0.25, -0.2) is 0 Å². The summed E-state index contributed by atoms with van der Waals surface area (Å²) in [6.45, 7) is 5.97. The summed E-state index contributed by atoms with van der Waals surface area (Å²) in [6.07, 6.45) is 1.83. The Kier molecular flexibility index (Phi) is 3.66. The van der Waals surface area contributed by atoms with E-state index in [0.717, 1.165) is 35.4 Å². The molecule has 0 spiro atoms. The fraction of sp³-hybridized carbons (Fsp3) is 0.455. The van der Waals surface area contributed by atoms with E-state index < -0.39 is 0 Å². The van der Waals surface area contributed by atoms with Crippen LogP contribution in [-0.2, 0) is 6.42 Å². The van der Waals surface area contributed by atoms with Gasteiger partial charge in [-0.05, 0) is 31.9 Å². The van der Waals surface area contributed by atoms with E-state index in [9.17, 15) is 0 Å². The number of rotatable bonds is 3. The van der Waals surface area contributed by atoms with Crippen molar-refractivity contribution in [1.82, 2.24) is 4.98 Å². The topological polar surface area (TPSA) is 71.5 Å². The van der Waals surface area contributed by atoms with Gasteiger partial charge in [-0.3, -0.25) is 4.98 Å². The molecule has 0 bridgehead atoms. The minimum Gasteiger partial charge on any atom is -0.409 e. The molecule has 3 N–H and O–H groups in total. The summed E-state index contributed by atoms with van der Waals surface area (Å²) >= 11 is 0. The van der Waals surface area contributed by atoms with Gasteiger partial charge in [0.05, 0.1) is 5.69 Å². The second-order valence-electron chi connectivity index (χ2n) is 3.64. The van der Waals surface area contributed by atoms with Gasteiger partial charge in [0.15, 0.2) is 5.84 Å². The lowest BCUT2D eigenvalue weighted by molar-refractivity contribution is 0.318. The molecule has 0 fully saturated rings. The maximum atomic E-state index is 8.71. The number of oxime groups is 1. The molecule has 82 valence electrons. The van der Waals surface area contributed by atoms with Crippen molar-refractivity contribution in [3.05, 3.63) is 28.6 Å². The highest BCUT2D eigenvalue weighted by Gasteiger charge is 2.11. The van der Waals surface area contributed by atoms with E-state index >= 15 is 0 Å². The molecule has 0 saturated heterocycles. The molecule has 0 aliphatic heterocycles. The lowest BCUT2D eigenvalue weighted by Gasteiger charge is -2.11. The van der Waals surface area contributed by atoms with Crippen molar-refractivity contribution in [2.75, 3.05) is 0 Å². The van der Waals surface area contributed by atoms with Crippen LogP contribution in [0.4, 0.5) is 0 Å². The molecule has 4 heteroatoms. The Morgan fingerprint density at radius 3 is 2.73 bits per heavy atom. The molecule has 1 aromatic heterocycles. The quantitative estimate of drug-likeness (QED) is 0.343. The Bertz CT molecular complexity index is 386. The Morgan fingerprint density at radius 1 is 1.53 bits per heavy atom. The number of pyridine rings is 1. The first-order chi connectivity index (χ1) is 7.10. The molecular formula is C11H17N3O. The van der Waals surface area contributed by atoms with Crippen molar-refractivity contribution < 1.29 is 5.21 Å². The van der Waals surface area contributed by atoms with Crippen LogP contribution in [0.3, 0.4) is 0 Å². The number of nitrogens with zero attached hydrogens (tertiary/aromatic N) is 2. The summed E-state index contributed by atoms with van der Waals surface area (Å²) < 4.78 is 0. The van der Waals surface area contributed by atoms with Crippen LogP contribution in [-0.4, -0.2) is 16.0 Å². The number of aromatic nitrogens is 1. The summed E-state index contributed by atoms with van der Waals surface area (Å²) in [5.41, 5.74) is 9.28. The first-order valence-corrected chi connectivity index (χ1v) is 5.05. The van der Waals surface area contributed by atoms with Crippen molar-refractivity contribution >= 4 is 5.84 Å². The molecule has 0 saturated carbocycles. The average Bonchev–Trinajstić information content (AvgIpc) is 2.16. The van der Waals surface area contributed by atoms with Crippen LogP contribution in [0, 0.1) is 13.8 Å². The highest BCUT2D eigenvalue weighted by Crippen LogP contribution is 2.15. The first kappa shape index (κ1) is 11.5. The molecule has 0 radical (unpaired) electrons. The third kappa shape index (κ3) is 2.46. The van der Waals surface area contributed by atoms with Gasteiger partial charge in [0.25, 0.3) is 0 Å². The van der Waals surface area contributed by atoms with Gasteiger partial charge in [0.2, 0.25) is 0 Å². The molecule has 0 aliphatic carbocycles. The van der Waals surface area contributed by atoms with Gasteiger partial charge < -0.3 is 10.9 Å². The van der Waals surface area contributed by atoms with Gasteiger partial charge in [-0.2, -0.15) is 0 Å². The predicted molar refractivity (Wildman–Crippen MR) is 60.2 cm³/mol. The molecule has 0 aromatic carbocycles. The highest BCUT2D eigenvalue weighted by atomic mass is 16.4. The maximum absolute atomic E-state index is 8.71. The maximum Gasteiger partial charge on any atom is 0.172 e. The van der Waals surface area contributed by atoms with E-state index in [2.05, 4.69) is 17.1 Å².